The largest absolute Gasteiger partial charge is 0.208 e. The van der Waals surface area contributed by atoms with Crippen molar-refractivity contribution in [1.29, 1.82) is 5.26 Å². The summed E-state index contributed by atoms with van der Waals surface area (Å²) in [5, 5.41) is 10.1. The van der Waals surface area contributed by atoms with E-state index in [1.165, 1.54) is 11.1 Å². The Hall–Kier alpha value is -8.52. The minimum absolute atomic E-state index is 0.611. The maximum absolute atomic E-state index is 10.1. The van der Waals surface area contributed by atoms with Gasteiger partial charge in [-0.3, -0.25) is 0 Å². The molecule has 0 amide bonds. The second-order valence-electron chi connectivity index (χ2n) is 15.9. The summed E-state index contributed by atoms with van der Waals surface area (Å²) in [6.07, 6.45) is 0. The molecule has 0 bridgehead atoms. The zero-order valence-corrected chi connectivity index (χ0v) is 34.2. The van der Waals surface area contributed by atoms with Gasteiger partial charge < -0.3 is 0 Å². The molecule has 0 atom stereocenters. The maximum atomic E-state index is 10.1. The van der Waals surface area contributed by atoms with Crippen molar-refractivity contribution in [2.45, 2.75) is 5.41 Å². The molecular weight excluding hydrogens is 765 g/mol. The Kier molecular flexibility index (Phi) is 9.41. The highest BCUT2D eigenvalue weighted by molar-refractivity contribution is 5.89. The number of nitriles is 1. The molecule has 0 spiro atoms. The molecule has 0 N–H and O–H groups in total. The van der Waals surface area contributed by atoms with Crippen LogP contribution in [0.15, 0.2) is 231 Å². The van der Waals surface area contributed by atoms with Crippen LogP contribution >= 0.6 is 0 Å². The predicted octanol–water partition coefficient (Wildman–Crippen LogP) is 14.1. The molecular formula is C59H38N4. The van der Waals surface area contributed by atoms with Gasteiger partial charge in [0.15, 0.2) is 17.5 Å². The lowest BCUT2D eigenvalue weighted by molar-refractivity contribution is 0.768. The summed E-state index contributed by atoms with van der Waals surface area (Å²) >= 11 is 0. The smallest absolute Gasteiger partial charge is 0.164 e. The van der Waals surface area contributed by atoms with E-state index in [0.717, 1.165) is 72.3 Å². The van der Waals surface area contributed by atoms with Crippen LogP contribution < -0.4 is 0 Å². The fourth-order valence-electron chi connectivity index (χ4n) is 9.25. The lowest BCUT2D eigenvalue weighted by Crippen LogP contribution is -2.28. The molecule has 1 aliphatic rings. The van der Waals surface area contributed by atoms with Crippen molar-refractivity contribution < 1.29 is 0 Å². The summed E-state index contributed by atoms with van der Waals surface area (Å²) in [4.78, 5) is 15.1. The van der Waals surface area contributed by atoms with E-state index < -0.39 is 5.41 Å². The molecule has 1 aliphatic carbocycles. The molecule has 1 aromatic heterocycles. The van der Waals surface area contributed by atoms with E-state index in [-0.39, 0.29) is 0 Å². The number of hydrogen-bond donors (Lipinski definition) is 0. The van der Waals surface area contributed by atoms with Gasteiger partial charge >= 0.3 is 0 Å². The van der Waals surface area contributed by atoms with Gasteiger partial charge in [0, 0.05) is 16.7 Å². The lowest BCUT2D eigenvalue weighted by Gasteiger charge is -2.34. The zero-order valence-electron chi connectivity index (χ0n) is 34.2. The summed E-state index contributed by atoms with van der Waals surface area (Å²) in [6.45, 7) is 0. The van der Waals surface area contributed by atoms with Crippen LogP contribution in [-0.4, -0.2) is 15.0 Å². The highest BCUT2D eigenvalue weighted by Crippen LogP contribution is 2.57. The molecule has 0 radical (unpaired) electrons. The summed E-state index contributed by atoms with van der Waals surface area (Å²) in [5.41, 5.74) is 16.4. The number of nitrogens with zero attached hydrogens (tertiary/aromatic N) is 4. The number of rotatable bonds is 8. The second-order valence-corrected chi connectivity index (χ2v) is 15.9. The fourth-order valence-corrected chi connectivity index (χ4v) is 9.25. The van der Waals surface area contributed by atoms with Gasteiger partial charge in [-0.25, -0.2) is 15.0 Å². The van der Waals surface area contributed by atoms with Gasteiger partial charge in [-0.2, -0.15) is 5.26 Å². The van der Waals surface area contributed by atoms with Gasteiger partial charge in [0.05, 0.1) is 17.0 Å². The van der Waals surface area contributed by atoms with Crippen LogP contribution in [0.3, 0.4) is 0 Å². The van der Waals surface area contributed by atoms with Crippen molar-refractivity contribution in [2.24, 2.45) is 0 Å². The number of benzene rings is 9. The summed E-state index contributed by atoms with van der Waals surface area (Å²) < 4.78 is 0. The van der Waals surface area contributed by atoms with E-state index >= 15 is 0 Å². The molecule has 0 unspecified atom stereocenters. The van der Waals surface area contributed by atoms with E-state index in [9.17, 15) is 5.26 Å². The van der Waals surface area contributed by atoms with Crippen molar-refractivity contribution in [2.75, 3.05) is 0 Å². The van der Waals surface area contributed by atoms with E-state index in [1.807, 2.05) is 42.5 Å². The van der Waals surface area contributed by atoms with Crippen LogP contribution in [-0.2, 0) is 5.41 Å². The molecule has 4 heteroatoms. The number of aromatic nitrogens is 3. The summed E-state index contributed by atoms with van der Waals surface area (Å²) in [6, 6.07) is 82.9. The van der Waals surface area contributed by atoms with Crippen molar-refractivity contribution in [3.05, 3.63) is 258 Å². The minimum atomic E-state index is -0.617. The average Bonchev–Trinajstić information content (AvgIpc) is 3.67. The highest BCUT2D eigenvalue weighted by atomic mass is 15.0. The average molecular weight is 803 g/mol. The SMILES string of the molecule is N#Cc1ccc2c(c1)C(c1ccccc1)(c1ccccc1)c1cc(-c3cccc(-c4cccc(-c5nc(-c6ccccc6)nc(-c6ccc(-c7ccccc7)cc6)n5)c4)c3)ccc1-2. The minimum Gasteiger partial charge on any atom is -0.208 e. The van der Waals surface area contributed by atoms with Gasteiger partial charge in [-0.05, 0) is 97.1 Å². The van der Waals surface area contributed by atoms with Crippen LogP contribution in [0, 0.1) is 11.3 Å². The highest BCUT2D eigenvalue weighted by Gasteiger charge is 2.46. The van der Waals surface area contributed by atoms with E-state index in [0.29, 0.717) is 23.0 Å². The van der Waals surface area contributed by atoms with Crippen LogP contribution in [0.5, 0.6) is 0 Å². The first-order chi connectivity index (χ1) is 31.2. The van der Waals surface area contributed by atoms with Gasteiger partial charge in [0.1, 0.15) is 0 Å². The van der Waals surface area contributed by atoms with Crippen molar-refractivity contribution in [3.8, 4) is 84.7 Å². The standard InChI is InChI=1S/C59H38N4/c60-39-40-27-33-52-53-34-32-48(38-55(53)59(54(52)35-40,50-23-9-3-10-24-50)51-25-11-4-12-26-51)46-20-13-19-45(36-46)47-21-14-22-49(37-47)58-62-56(43-17-7-2-8-18-43)61-57(63-58)44-30-28-42(29-31-44)41-15-5-1-6-16-41/h1-38H. The summed E-state index contributed by atoms with van der Waals surface area (Å²) in [5.74, 6) is 1.86. The topological polar surface area (TPSA) is 62.5 Å². The van der Waals surface area contributed by atoms with Crippen LogP contribution in [0.1, 0.15) is 27.8 Å². The Labute approximate surface area is 367 Å². The Morgan fingerprint density at radius 2 is 0.667 bits per heavy atom. The normalized spacial score (nSPS) is 12.2. The van der Waals surface area contributed by atoms with Gasteiger partial charge in [0.25, 0.3) is 0 Å². The fraction of sp³-hybridized carbons (Fsp3) is 0.0169. The van der Waals surface area contributed by atoms with Crippen molar-refractivity contribution >= 4 is 0 Å². The molecule has 0 saturated carbocycles. The first-order valence-corrected chi connectivity index (χ1v) is 21.1. The Balaban J connectivity index is 0.999. The molecule has 294 valence electrons. The van der Waals surface area contributed by atoms with Crippen LogP contribution in [0.4, 0.5) is 0 Å². The quantitative estimate of drug-likeness (QED) is 0.153. The molecule has 4 nitrogen and oxygen atoms in total. The molecule has 0 aliphatic heterocycles. The summed E-state index contributed by atoms with van der Waals surface area (Å²) in [7, 11) is 0. The third-order valence-corrected chi connectivity index (χ3v) is 12.2. The van der Waals surface area contributed by atoms with Gasteiger partial charge in [-0.15, -0.1) is 0 Å². The molecule has 0 saturated heterocycles. The molecule has 1 heterocycles. The Morgan fingerprint density at radius 3 is 1.22 bits per heavy atom. The molecule has 0 fully saturated rings. The number of fused-ring (bicyclic) bond motifs is 3. The van der Waals surface area contributed by atoms with Crippen LogP contribution in [0.25, 0.3) is 78.7 Å². The van der Waals surface area contributed by atoms with Gasteiger partial charge in [-0.1, -0.05) is 200 Å². The first-order valence-electron chi connectivity index (χ1n) is 21.1. The molecule has 9 aromatic carbocycles. The van der Waals surface area contributed by atoms with Crippen molar-refractivity contribution in [3.63, 3.8) is 0 Å². The first kappa shape index (κ1) is 37.5. The lowest BCUT2D eigenvalue weighted by atomic mass is 9.67. The molecule has 10 aromatic rings. The second kappa shape index (κ2) is 15.8. The van der Waals surface area contributed by atoms with E-state index in [1.54, 1.807) is 0 Å². The third-order valence-electron chi connectivity index (χ3n) is 12.2. The molecule has 11 rings (SSSR count). The predicted molar refractivity (Wildman–Crippen MR) is 254 cm³/mol. The van der Waals surface area contributed by atoms with E-state index in [4.69, 9.17) is 15.0 Å². The maximum Gasteiger partial charge on any atom is 0.164 e. The van der Waals surface area contributed by atoms with Gasteiger partial charge in [0.2, 0.25) is 0 Å². The molecule has 63 heavy (non-hydrogen) atoms. The zero-order chi connectivity index (χ0) is 42.2. The van der Waals surface area contributed by atoms with E-state index in [2.05, 4.69) is 194 Å². The third kappa shape index (κ3) is 6.70. The van der Waals surface area contributed by atoms with Crippen LogP contribution in [0.2, 0.25) is 0 Å². The monoisotopic (exact) mass is 802 g/mol. The number of hydrogen-bond acceptors (Lipinski definition) is 4. The Morgan fingerprint density at radius 1 is 0.302 bits per heavy atom. The van der Waals surface area contributed by atoms with Crippen molar-refractivity contribution in [1.82, 2.24) is 15.0 Å². The Bertz CT molecular complexity index is 3280.